The monoisotopic (exact) mass is 434 g/mol. The van der Waals surface area contributed by atoms with Crippen molar-refractivity contribution in [2.24, 2.45) is 11.8 Å². The minimum Gasteiger partial charge on any atom is -0.351 e. The van der Waals surface area contributed by atoms with Crippen molar-refractivity contribution in [3.05, 3.63) is 5.28 Å². The third-order valence-electron chi connectivity index (χ3n) is 7.16. The third-order valence-corrected chi connectivity index (χ3v) is 7.33. The summed E-state index contributed by atoms with van der Waals surface area (Å²) in [5, 5.41) is 9.42. The number of urea groups is 1. The molecule has 1 heterocycles. The maximum absolute atomic E-state index is 12.4. The molecule has 1 aromatic heterocycles. The standard InChI is InChI=1S/C22H35ClN6O/c23-19-26-20(25-18-14-8-7-13-17(18)15-9-3-1-4-10-15)28-21(27-19)29-22(30)24-16-11-5-2-6-12-16/h15-18H,1-14H2,(H3,24,25,26,27,28,29,30). The van der Waals surface area contributed by atoms with Gasteiger partial charge in [0.25, 0.3) is 0 Å². The van der Waals surface area contributed by atoms with Crippen LogP contribution in [0.15, 0.2) is 0 Å². The van der Waals surface area contributed by atoms with Gasteiger partial charge in [0.2, 0.25) is 17.2 Å². The highest BCUT2D eigenvalue weighted by molar-refractivity contribution is 6.28. The molecule has 30 heavy (non-hydrogen) atoms. The minimum absolute atomic E-state index is 0.102. The van der Waals surface area contributed by atoms with Crippen LogP contribution in [0.3, 0.4) is 0 Å². The average Bonchev–Trinajstić information content (AvgIpc) is 2.75. The van der Waals surface area contributed by atoms with Crippen molar-refractivity contribution in [1.82, 2.24) is 20.3 Å². The van der Waals surface area contributed by atoms with Gasteiger partial charge in [-0.2, -0.15) is 15.0 Å². The maximum Gasteiger partial charge on any atom is 0.321 e. The van der Waals surface area contributed by atoms with Crippen LogP contribution in [0.1, 0.15) is 89.9 Å². The molecule has 2 amide bonds. The smallest absolute Gasteiger partial charge is 0.321 e. The van der Waals surface area contributed by atoms with Crippen molar-refractivity contribution in [1.29, 1.82) is 0 Å². The Kier molecular flexibility index (Phi) is 7.63. The van der Waals surface area contributed by atoms with Crippen molar-refractivity contribution in [3.63, 3.8) is 0 Å². The molecule has 3 saturated carbocycles. The van der Waals surface area contributed by atoms with E-state index in [2.05, 4.69) is 30.9 Å². The minimum atomic E-state index is -0.270. The van der Waals surface area contributed by atoms with Gasteiger partial charge in [-0.3, -0.25) is 5.32 Å². The summed E-state index contributed by atoms with van der Waals surface area (Å²) in [5.74, 6) is 2.14. The van der Waals surface area contributed by atoms with Gasteiger partial charge in [0.1, 0.15) is 0 Å². The molecule has 0 saturated heterocycles. The van der Waals surface area contributed by atoms with Crippen molar-refractivity contribution in [3.8, 4) is 0 Å². The molecule has 8 heteroatoms. The lowest BCUT2D eigenvalue weighted by atomic mass is 9.71. The number of hydrogen-bond acceptors (Lipinski definition) is 5. The first-order valence-electron chi connectivity index (χ1n) is 11.9. The fourth-order valence-corrected chi connectivity index (χ4v) is 5.83. The van der Waals surface area contributed by atoms with Gasteiger partial charge >= 0.3 is 6.03 Å². The first kappa shape index (κ1) is 21.6. The Morgan fingerprint density at radius 1 is 0.767 bits per heavy atom. The molecule has 0 aliphatic heterocycles. The molecular formula is C22H35ClN6O. The molecule has 0 radical (unpaired) electrons. The molecule has 3 N–H and O–H groups in total. The SMILES string of the molecule is O=C(Nc1nc(Cl)nc(NC2CCCCC2C2CCCCC2)n1)NC1CCCCC1. The summed E-state index contributed by atoms with van der Waals surface area (Å²) in [7, 11) is 0. The number of rotatable bonds is 5. The van der Waals surface area contributed by atoms with Crippen LogP contribution >= 0.6 is 11.6 Å². The lowest BCUT2D eigenvalue weighted by Gasteiger charge is -2.39. The Morgan fingerprint density at radius 2 is 1.40 bits per heavy atom. The normalized spacial score (nSPS) is 26.2. The first-order valence-corrected chi connectivity index (χ1v) is 12.3. The predicted molar refractivity (Wildman–Crippen MR) is 120 cm³/mol. The third kappa shape index (κ3) is 5.96. The van der Waals surface area contributed by atoms with Crippen LogP contribution in [0.2, 0.25) is 5.28 Å². The number of aromatic nitrogens is 3. The Morgan fingerprint density at radius 3 is 2.17 bits per heavy atom. The van der Waals surface area contributed by atoms with Gasteiger partial charge in [-0.1, -0.05) is 64.2 Å². The van der Waals surface area contributed by atoms with Gasteiger partial charge in [-0.25, -0.2) is 4.79 Å². The highest BCUT2D eigenvalue weighted by atomic mass is 35.5. The molecule has 3 aliphatic rings. The van der Waals surface area contributed by atoms with E-state index in [-0.39, 0.29) is 23.3 Å². The fraction of sp³-hybridized carbons (Fsp3) is 0.818. The van der Waals surface area contributed by atoms with E-state index in [0.717, 1.165) is 25.2 Å². The average molecular weight is 435 g/mol. The molecule has 0 aromatic carbocycles. The highest BCUT2D eigenvalue weighted by Crippen LogP contribution is 2.39. The quantitative estimate of drug-likeness (QED) is 0.566. The number of carbonyl (C=O) groups excluding carboxylic acids is 1. The number of amides is 2. The molecule has 3 aliphatic carbocycles. The molecule has 0 bridgehead atoms. The van der Waals surface area contributed by atoms with Gasteiger partial charge in [0.15, 0.2) is 0 Å². The van der Waals surface area contributed by atoms with E-state index < -0.39 is 0 Å². The van der Waals surface area contributed by atoms with Crippen LogP contribution in [-0.4, -0.2) is 33.1 Å². The summed E-state index contributed by atoms with van der Waals surface area (Å²) in [6, 6.07) is 0.323. The van der Waals surface area contributed by atoms with Crippen molar-refractivity contribution in [2.45, 2.75) is 102 Å². The predicted octanol–water partition coefficient (Wildman–Crippen LogP) is 5.53. The van der Waals surface area contributed by atoms with Gasteiger partial charge in [0.05, 0.1) is 0 Å². The topological polar surface area (TPSA) is 91.8 Å². The van der Waals surface area contributed by atoms with Crippen molar-refractivity contribution < 1.29 is 4.79 Å². The second kappa shape index (κ2) is 10.6. The number of carbonyl (C=O) groups is 1. The summed E-state index contributed by atoms with van der Waals surface area (Å²) in [6.45, 7) is 0. The Labute approximate surface area is 184 Å². The fourth-order valence-electron chi connectivity index (χ4n) is 5.67. The summed E-state index contributed by atoms with van der Waals surface area (Å²) in [6.07, 6.45) is 17.4. The number of anilines is 2. The summed E-state index contributed by atoms with van der Waals surface area (Å²) >= 11 is 6.15. The Hall–Kier alpha value is -1.63. The van der Waals surface area contributed by atoms with Crippen LogP contribution in [0, 0.1) is 11.8 Å². The molecule has 166 valence electrons. The van der Waals surface area contributed by atoms with Crippen LogP contribution in [0.25, 0.3) is 0 Å². The number of halogens is 1. The lowest BCUT2D eigenvalue weighted by molar-refractivity contribution is 0.180. The van der Waals surface area contributed by atoms with E-state index in [1.807, 2.05) is 0 Å². The number of nitrogens with zero attached hydrogens (tertiary/aromatic N) is 3. The zero-order valence-electron chi connectivity index (χ0n) is 17.8. The van der Waals surface area contributed by atoms with Gasteiger partial charge in [0, 0.05) is 12.1 Å². The second-order valence-electron chi connectivity index (χ2n) is 9.28. The van der Waals surface area contributed by atoms with Gasteiger partial charge < -0.3 is 10.6 Å². The van der Waals surface area contributed by atoms with E-state index in [1.165, 1.54) is 70.6 Å². The zero-order valence-corrected chi connectivity index (χ0v) is 18.6. The highest BCUT2D eigenvalue weighted by Gasteiger charge is 2.33. The largest absolute Gasteiger partial charge is 0.351 e. The van der Waals surface area contributed by atoms with Crippen LogP contribution in [0.4, 0.5) is 16.7 Å². The summed E-state index contributed by atoms with van der Waals surface area (Å²) in [4.78, 5) is 25.2. The van der Waals surface area contributed by atoms with Crippen LogP contribution < -0.4 is 16.0 Å². The van der Waals surface area contributed by atoms with E-state index in [1.54, 1.807) is 0 Å². The van der Waals surface area contributed by atoms with Crippen molar-refractivity contribution in [2.75, 3.05) is 10.6 Å². The van der Waals surface area contributed by atoms with Crippen LogP contribution in [-0.2, 0) is 0 Å². The lowest BCUT2D eigenvalue weighted by Crippen LogP contribution is -2.39. The number of hydrogen-bond donors (Lipinski definition) is 3. The second-order valence-corrected chi connectivity index (χ2v) is 9.62. The van der Waals surface area contributed by atoms with Gasteiger partial charge in [-0.15, -0.1) is 0 Å². The zero-order chi connectivity index (χ0) is 20.8. The molecule has 4 rings (SSSR count). The maximum atomic E-state index is 12.4. The first-order chi connectivity index (χ1) is 14.7. The number of nitrogens with one attached hydrogen (secondary N) is 3. The van der Waals surface area contributed by atoms with Crippen molar-refractivity contribution >= 4 is 29.5 Å². The van der Waals surface area contributed by atoms with Crippen LogP contribution in [0.5, 0.6) is 0 Å². The molecule has 2 atom stereocenters. The Balaban J connectivity index is 1.38. The van der Waals surface area contributed by atoms with E-state index in [9.17, 15) is 4.79 Å². The molecule has 2 unspecified atom stereocenters. The molecule has 7 nitrogen and oxygen atoms in total. The molecule has 1 aromatic rings. The Bertz CT molecular complexity index is 705. The molecular weight excluding hydrogens is 400 g/mol. The molecule has 0 spiro atoms. The molecule has 3 fully saturated rings. The van der Waals surface area contributed by atoms with E-state index in [4.69, 9.17) is 11.6 Å². The van der Waals surface area contributed by atoms with E-state index in [0.29, 0.717) is 17.9 Å². The summed E-state index contributed by atoms with van der Waals surface area (Å²) < 4.78 is 0. The van der Waals surface area contributed by atoms with E-state index >= 15 is 0 Å². The van der Waals surface area contributed by atoms with Gasteiger partial charge in [-0.05, 0) is 49.1 Å². The summed E-state index contributed by atoms with van der Waals surface area (Å²) in [5.41, 5.74) is 0.